The van der Waals surface area contributed by atoms with E-state index < -0.39 is 23.0 Å². The zero-order valence-electron chi connectivity index (χ0n) is 13.1. The Morgan fingerprint density at radius 3 is 2.46 bits per heavy atom. The van der Waals surface area contributed by atoms with Crippen LogP contribution in [0.25, 0.3) is 0 Å². The summed E-state index contributed by atoms with van der Waals surface area (Å²) in [6, 6.07) is 0. The highest BCUT2D eigenvalue weighted by molar-refractivity contribution is 5.97. The average Bonchev–Trinajstić information content (AvgIpc) is 2.52. The first-order chi connectivity index (χ1) is 11.2. The van der Waals surface area contributed by atoms with E-state index in [0.29, 0.717) is 0 Å². The van der Waals surface area contributed by atoms with Crippen LogP contribution in [0.15, 0.2) is 6.20 Å². The number of methoxy groups -OCH3 is 1. The standard InChI is InChI=1S/C14H16F3N3O4/c1-8-10(20(22)23)7-18-12(11(8)13(21)24-2)19-5-3-9(4-6-19)14(15,16)17/h7,9H,3-6H2,1-2H3. The Morgan fingerprint density at radius 1 is 1.42 bits per heavy atom. The van der Waals surface area contributed by atoms with Gasteiger partial charge in [0.05, 0.1) is 18.0 Å². The lowest BCUT2D eigenvalue weighted by molar-refractivity contribution is -0.385. The van der Waals surface area contributed by atoms with E-state index in [9.17, 15) is 28.1 Å². The maximum Gasteiger partial charge on any atom is 0.391 e. The van der Waals surface area contributed by atoms with Gasteiger partial charge >= 0.3 is 12.1 Å². The Hall–Kier alpha value is -2.39. The maximum atomic E-state index is 12.8. The largest absolute Gasteiger partial charge is 0.465 e. The van der Waals surface area contributed by atoms with E-state index in [1.807, 2.05) is 0 Å². The van der Waals surface area contributed by atoms with Crippen molar-refractivity contribution < 1.29 is 27.6 Å². The lowest BCUT2D eigenvalue weighted by Crippen LogP contribution is -2.40. The first-order valence-electron chi connectivity index (χ1n) is 7.20. The van der Waals surface area contributed by atoms with Gasteiger partial charge in [0.25, 0.3) is 5.69 Å². The molecule has 132 valence electrons. The number of alkyl halides is 3. The number of aromatic nitrogens is 1. The SMILES string of the molecule is COC(=O)c1c(N2CCC(C(F)(F)F)CC2)ncc([N+](=O)[O-])c1C. The summed E-state index contributed by atoms with van der Waals surface area (Å²) in [6.45, 7) is 1.49. The van der Waals surface area contributed by atoms with Crippen molar-refractivity contribution in [1.29, 1.82) is 0 Å². The van der Waals surface area contributed by atoms with Crippen LogP contribution in [0.1, 0.15) is 28.8 Å². The van der Waals surface area contributed by atoms with Gasteiger partial charge in [0, 0.05) is 18.7 Å². The molecule has 1 aliphatic heterocycles. The van der Waals surface area contributed by atoms with E-state index in [0.717, 1.165) is 13.3 Å². The molecule has 1 fully saturated rings. The number of rotatable bonds is 3. The Bertz CT molecular complexity index is 655. The van der Waals surface area contributed by atoms with Gasteiger partial charge in [-0.25, -0.2) is 9.78 Å². The van der Waals surface area contributed by atoms with Crippen molar-refractivity contribution in [3.8, 4) is 0 Å². The van der Waals surface area contributed by atoms with Gasteiger partial charge in [0.1, 0.15) is 17.6 Å². The highest BCUT2D eigenvalue weighted by Gasteiger charge is 2.42. The molecule has 0 spiro atoms. The van der Waals surface area contributed by atoms with Crippen molar-refractivity contribution in [2.24, 2.45) is 5.92 Å². The summed E-state index contributed by atoms with van der Waals surface area (Å²) >= 11 is 0. The molecular formula is C14H16F3N3O4. The molecule has 1 aliphatic rings. The monoisotopic (exact) mass is 347 g/mol. The highest BCUT2D eigenvalue weighted by atomic mass is 19.4. The van der Waals surface area contributed by atoms with Crippen molar-refractivity contribution in [1.82, 2.24) is 4.98 Å². The second kappa shape index (κ2) is 6.62. The minimum absolute atomic E-state index is 0.0540. The molecule has 0 aromatic carbocycles. The number of nitrogens with zero attached hydrogens (tertiary/aromatic N) is 3. The predicted octanol–water partition coefficient (Wildman–Crippen LogP) is 2.86. The van der Waals surface area contributed by atoms with E-state index >= 15 is 0 Å². The molecule has 0 saturated carbocycles. The van der Waals surface area contributed by atoms with Crippen molar-refractivity contribution >= 4 is 17.5 Å². The number of pyridine rings is 1. The van der Waals surface area contributed by atoms with Gasteiger partial charge in [-0.1, -0.05) is 0 Å². The molecule has 1 aromatic heterocycles. The van der Waals surface area contributed by atoms with Crippen LogP contribution >= 0.6 is 0 Å². The molecule has 0 bridgehead atoms. The second-order valence-electron chi connectivity index (χ2n) is 5.52. The van der Waals surface area contributed by atoms with Gasteiger partial charge in [-0.05, 0) is 19.8 Å². The van der Waals surface area contributed by atoms with E-state index in [-0.39, 0.29) is 48.6 Å². The Labute approximate surface area is 135 Å². The Balaban J connectivity index is 2.36. The van der Waals surface area contributed by atoms with Crippen LogP contribution in [0.4, 0.5) is 24.7 Å². The van der Waals surface area contributed by atoms with Crippen LogP contribution in [0.3, 0.4) is 0 Å². The normalized spacial score (nSPS) is 16.1. The number of esters is 1. The lowest BCUT2D eigenvalue weighted by Gasteiger charge is -2.34. The number of nitro groups is 1. The third kappa shape index (κ3) is 3.41. The van der Waals surface area contributed by atoms with Gasteiger partial charge in [-0.15, -0.1) is 0 Å². The van der Waals surface area contributed by atoms with Gasteiger partial charge in [0.2, 0.25) is 0 Å². The first kappa shape index (κ1) is 18.0. The van der Waals surface area contributed by atoms with Crippen LogP contribution in [0.2, 0.25) is 0 Å². The van der Waals surface area contributed by atoms with E-state index in [4.69, 9.17) is 0 Å². The van der Waals surface area contributed by atoms with Gasteiger partial charge in [-0.3, -0.25) is 10.1 Å². The average molecular weight is 347 g/mol. The topological polar surface area (TPSA) is 85.6 Å². The molecule has 0 aliphatic carbocycles. The van der Waals surface area contributed by atoms with E-state index in [2.05, 4.69) is 9.72 Å². The predicted molar refractivity (Wildman–Crippen MR) is 78.0 cm³/mol. The van der Waals surface area contributed by atoms with Crippen molar-refractivity contribution in [2.75, 3.05) is 25.1 Å². The summed E-state index contributed by atoms with van der Waals surface area (Å²) in [5.74, 6) is -2.09. The molecule has 7 nitrogen and oxygen atoms in total. The molecule has 0 unspecified atom stereocenters. The van der Waals surface area contributed by atoms with Crippen LogP contribution in [0, 0.1) is 23.0 Å². The molecule has 0 radical (unpaired) electrons. The van der Waals surface area contributed by atoms with Gasteiger partial charge in [-0.2, -0.15) is 13.2 Å². The van der Waals surface area contributed by atoms with Crippen LogP contribution in [-0.2, 0) is 4.74 Å². The highest BCUT2D eigenvalue weighted by Crippen LogP contribution is 2.37. The minimum Gasteiger partial charge on any atom is -0.465 e. The van der Waals surface area contributed by atoms with Crippen LogP contribution in [0.5, 0.6) is 0 Å². The van der Waals surface area contributed by atoms with Crippen LogP contribution in [-0.4, -0.2) is 42.3 Å². The maximum absolute atomic E-state index is 12.8. The number of hydrogen-bond donors (Lipinski definition) is 0. The van der Waals surface area contributed by atoms with Crippen molar-refractivity contribution in [3.63, 3.8) is 0 Å². The molecule has 1 saturated heterocycles. The fourth-order valence-corrected chi connectivity index (χ4v) is 2.77. The number of carbonyl (C=O) groups excluding carboxylic acids is 1. The fourth-order valence-electron chi connectivity index (χ4n) is 2.77. The third-order valence-electron chi connectivity index (χ3n) is 4.14. The van der Waals surface area contributed by atoms with Crippen LogP contribution < -0.4 is 4.90 Å². The summed E-state index contributed by atoms with van der Waals surface area (Å²) in [5.41, 5.74) is -0.351. The first-order valence-corrected chi connectivity index (χ1v) is 7.20. The van der Waals surface area contributed by atoms with Gasteiger partial charge in [0.15, 0.2) is 0 Å². The molecule has 2 heterocycles. The van der Waals surface area contributed by atoms with E-state index in [1.54, 1.807) is 0 Å². The minimum atomic E-state index is -4.25. The molecule has 0 amide bonds. The zero-order chi connectivity index (χ0) is 18.1. The third-order valence-corrected chi connectivity index (χ3v) is 4.14. The summed E-state index contributed by atoms with van der Waals surface area (Å²) in [6.07, 6.45) is -3.49. The fraction of sp³-hybridized carbons (Fsp3) is 0.571. The van der Waals surface area contributed by atoms with Crippen molar-refractivity contribution in [3.05, 3.63) is 27.4 Å². The summed E-state index contributed by atoms with van der Waals surface area (Å²) in [5, 5.41) is 11.0. The lowest BCUT2D eigenvalue weighted by atomic mass is 9.95. The number of anilines is 1. The van der Waals surface area contributed by atoms with E-state index in [1.165, 1.54) is 11.8 Å². The Morgan fingerprint density at radius 2 is 2.00 bits per heavy atom. The number of halogens is 3. The molecule has 0 atom stereocenters. The number of carbonyl (C=O) groups is 1. The number of hydrogen-bond acceptors (Lipinski definition) is 6. The molecule has 1 aromatic rings. The quantitative estimate of drug-likeness (QED) is 0.475. The number of ether oxygens (including phenoxy) is 1. The van der Waals surface area contributed by atoms with Crippen molar-refractivity contribution in [2.45, 2.75) is 25.9 Å². The Kier molecular flexibility index (Phi) is 4.95. The summed E-state index contributed by atoms with van der Waals surface area (Å²) in [4.78, 5) is 27.8. The van der Waals surface area contributed by atoms with Gasteiger partial charge < -0.3 is 9.64 Å². The zero-order valence-corrected chi connectivity index (χ0v) is 13.1. The molecular weight excluding hydrogens is 331 g/mol. The molecule has 24 heavy (non-hydrogen) atoms. The number of piperidine rings is 1. The molecule has 10 heteroatoms. The smallest absolute Gasteiger partial charge is 0.391 e. The summed E-state index contributed by atoms with van der Waals surface area (Å²) in [7, 11) is 1.13. The molecule has 0 N–H and O–H groups in total. The summed E-state index contributed by atoms with van der Waals surface area (Å²) < 4.78 is 42.9. The second-order valence-corrected chi connectivity index (χ2v) is 5.52. The molecule has 2 rings (SSSR count).